The predicted octanol–water partition coefficient (Wildman–Crippen LogP) is 2.43. The van der Waals surface area contributed by atoms with Crippen molar-refractivity contribution < 1.29 is 21.6 Å². The van der Waals surface area contributed by atoms with Crippen molar-refractivity contribution in [2.45, 2.75) is 23.8 Å². The SMILES string of the molecule is CS(=O)(=O)CCC(NS(=O)(=O)c1ccc(Cl)cc1)C(=O)NCCc1ccc(Cl)cc1. The molecule has 2 rings (SSSR count). The maximum absolute atomic E-state index is 12.6. The highest BCUT2D eigenvalue weighted by Gasteiger charge is 2.26. The zero-order valence-corrected chi connectivity index (χ0v) is 19.3. The first-order valence-corrected chi connectivity index (χ1v) is 13.2. The summed E-state index contributed by atoms with van der Waals surface area (Å²) >= 11 is 11.6. The van der Waals surface area contributed by atoms with Crippen molar-refractivity contribution >= 4 is 49.0 Å². The number of carbonyl (C=O) groups is 1. The van der Waals surface area contributed by atoms with Crippen LogP contribution in [0.1, 0.15) is 12.0 Å². The zero-order valence-electron chi connectivity index (χ0n) is 16.1. The Morgan fingerprint density at radius 1 is 0.933 bits per heavy atom. The van der Waals surface area contributed by atoms with Gasteiger partial charge in [0.05, 0.1) is 10.6 Å². The van der Waals surface area contributed by atoms with Crippen LogP contribution in [0.25, 0.3) is 0 Å². The highest BCUT2D eigenvalue weighted by atomic mass is 35.5. The van der Waals surface area contributed by atoms with Crippen molar-refractivity contribution in [1.29, 1.82) is 0 Å². The van der Waals surface area contributed by atoms with Crippen LogP contribution >= 0.6 is 23.2 Å². The lowest BCUT2D eigenvalue weighted by atomic mass is 10.1. The van der Waals surface area contributed by atoms with Crippen LogP contribution in [0.15, 0.2) is 53.4 Å². The number of benzene rings is 2. The van der Waals surface area contributed by atoms with E-state index in [-0.39, 0.29) is 23.6 Å². The standard InChI is InChI=1S/C19H22Cl2N2O5S2/c1-29(25,26)13-11-18(23-30(27,28)17-8-6-16(21)7-9-17)19(24)22-12-10-14-2-4-15(20)5-3-14/h2-9,18,23H,10-13H2,1H3,(H,22,24). The van der Waals surface area contributed by atoms with E-state index in [9.17, 15) is 21.6 Å². The van der Waals surface area contributed by atoms with E-state index < -0.39 is 31.8 Å². The van der Waals surface area contributed by atoms with Crippen LogP contribution in [0.2, 0.25) is 10.0 Å². The van der Waals surface area contributed by atoms with E-state index in [1.807, 2.05) is 12.1 Å². The second-order valence-corrected chi connectivity index (χ2v) is 11.6. The Hall–Kier alpha value is -1.65. The molecule has 1 atom stereocenters. The molecule has 11 heteroatoms. The van der Waals surface area contributed by atoms with Crippen LogP contribution in [0, 0.1) is 0 Å². The molecule has 0 spiro atoms. The molecule has 0 bridgehead atoms. The lowest BCUT2D eigenvalue weighted by Gasteiger charge is -2.18. The minimum Gasteiger partial charge on any atom is -0.354 e. The highest BCUT2D eigenvalue weighted by Crippen LogP contribution is 2.15. The van der Waals surface area contributed by atoms with Crippen molar-refractivity contribution in [3.8, 4) is 0 Å². The molecule has 0 saturated carbocycles. The third-order valence-corrected chi connectivity index (χ3v) is 7.11. The first-order chi connectivity index (χ1) is 14.0. The molecule has 1 amide bonds. The fourth-order valence-corrected chi connectivity index (χ4v) is 4.69. The molecule has 2 N–H and O–H groups in total. The van der Waals surface area contributed by atoms with E-state index in [4.69, 9.17) is 23.2 Å². The molecule has 30 heavy (non-hydrogen) atoms. The molecule has 0 heterocycles. The molecular weight excluding hydrogens is 471 g/mol. The van der Waals surface area contributed by atoms with Gasteiger partial charge >= 0.3 is 0 Å². The Balaban J connectivity index is 2.07. The van der Waals surface area contributed by atoms with E-state index >= 15 is 0 Å². The Morgan fingerprint density at radius 3 is 2.00 bits per heavy atom. The van der Waals surface area contributed by atoms with E-state index in [0.29, 0.717) is 16.5 Å². The summed E-state index contributed by atoms with van der Waals surface area (Å²) in [5.74, 6) is -0.948. The van der Waals surface area contributed by atoms with Gasteiger partial charge in [0.25, 0.3) is 0 Å². The number of amides is 1. The van der Waals surface area contributed by atoms with Crippen molar-refractivity contribution in [3.05, 3.63) is 64.1 Å². The van der Waals surface area contributed by atoms with Crippen LogP contribution in [0.4, 0.5) is 0 Å². The van der Waals surface area contributed by atoms with Gasteiger partial charge in [0.2, 0.25) is 15.9 Å². The van der Waals surface area contributed by atoms with Gasteiger partial charge in [-0.1, -0.05) is 35.3 Å². The average molecular weight is 493 g/mol. The molecule has 1 unspecified atom stereocenters. The molecule has 0 aliphatic rings. The number of sulfonamides is 1. The summed E-state index contributed by atoms with van der Waals surface area (Å²) in [7, 11) is -7.44. The molecule has 0 fully saturated rings. The summed E-state index contributed by atoms with van der Waals surface area (Å²) < 4.78 is 50.6. The van der Waals surface area contributed by atoms with Crippen molar-refractivity contribution in [2.24, 2.45) is 0 Å². The molecule has 0 aromatic heterocycles. The molecule has 2 aromatic rings. The number of nitrogens with one attached hydrogen (secondary N) is 2. The summed E-state index contributed by atoms with van der Waals surface area (Å²) in [6.45, 7) is 0.249. The van der Waals surface area contributed by atoms with Gasteiger partial charge in [0, 0.05) is 22.8 Å². The van der Waals surface area contributed by atoms with Gasteiger partial charge in [0.1, 0.15) is 15.9 Å². The van der Waals surface area contributed by atoms with Gasteiger partial charge in [-0.25, -0.2) is 16.8 Å². The summed E-state index contributed by atoms with van der Waals surface area (Å²) in [4.78, 5) is 12.5. The van der Waals surface area contributed by atoms with Gasteiger partial charge in [-0.05, 0) is 54.8 Å². The maximum atomic E-state index is 12.6. The second-order valence-electron chi connectivity index (χ2n) is 6.71. The summed E-state index contributed by atoms with van der Waals surface area (Å²) in [6.07, 6.45) is 1.33. The van der Waals surface area contributed by atoms with Crippen LogP contribution in [0.5, 0.6) is 0 Å². The van der Waals surface area contributed by atoms with Gasteiger partial charge in [-0.2, -0.15) is 4.72 Å². The fraction of sp³-hybridized carbons (Fsp3) is 0.316. The molecular formula is C19H22Cl2N2O5S2. The zero-order chi connectivity index (χ0) is 22.4. The lowest BCUT2D eigenvalue weighted by Crippen LogP contribution is -2.47. The summed E-state index contributed by atoms with van der Waals surface area (Å²) in [6, 6.07) is 11.3. The minimum absolute atomic E-state index is 0.0785. The largest absolute Gasteiger partial charge is 0.354 e. The van der Waals surface area contributed by atoms with Crippen LogP contribution in [0.3, 0.4) is 0 Å². The van der Waals surface area contributed by atoms with Gasteiger partial charge < -0.3 is 5.32 Å². The molecule has 0 saturated heterocycles. The Bertz CT molecular complexity index is 1070. The van der Waals surface area contributed by atoms with Gasteiger partial charge in [-0.3, -0.25) is 4.79 Å². The fourth-order valence-electron chi connectivity index (χ4n) is 2.55. The molecule has 7 nitrogen and oxygen atoms in total. The monoisotopic (exact) mass is 492 g/mol. The first-order valence-electron chi connectivity index (χ1n) is 8.94. The normalized spacial score (nSPS) is 13.0. The number of carbonyl (C=O) groups excluding carboxylic acids is 1. The number of hydrogen-bond acceptors (Lipinski definition) is 5. The Kier molecular flexibility index (Phi) is 8.69. The number of sulfone groups is 1. The molecule has 164 valence electrons. The third kappa shape index (κ3) is 8.23. The van der Waals surface area contributed by atoms with Crippen LogP contribution in [-0.4, -0.2) is 47.3 Å². The van der Waals surface area contributed by atoms with E-state index in [1.165, 1.54) is 24.3 Å². The lowest BCUT2D eigenvalue weighted by molar-refractivity contribution is -0.122. The molecule has 0 aliphatic carbocycles. The number of hydrogen-bond donors (Lipinski definition) is 2. The minimum atomic E-state index is -4.05. The molecule has 0 aliphatic heterocycles. The van der Waals surface area contributed by atoms with Crippen molar-refractivity contribution in [1.82, 2.24) is 10.0 Å². The van der Waals surface area contributed by atoms with Crippen molar-refractivity contribution in [3.63, 3.8) is 0 Å². The number of halogens is 2. The first kappa shape index (κ1) is 24.6. The number of rotatable bonds is 10. The van der Waals surface area contributed by atoms with Gasteiger partial charge in [0.15, 0.2) is 0 Å². The average Bonchev–Trinajstić information content (AvgIpc) is 2.66. The van der Waals surface area contributed by atoms with E-state index in [1.54, 1.807) is 12.1 Å². The molecule has 0 radical (unpaired) electrons. The topological polar surface area (TPSA) is 109 Å². The quantitative estimate of drug-likeness (QED) is 0.529. The third-order valence-electron chi connectivity index (χ3n) is 4.14. The van der Waals surface area contributed by atoms with Crippen LogP contribution < -0.4 is 10.0 Å². The van der Waals surface area contributed by atoms with Crippen molar-refractivity contribution in [2.75, 3.05) is 18.6 Å². The van der Waals surface area contributed by atoms with E-state index in [0.717, 1.165) is 11.8 Å². The highest BCUT2D eigenvalue weighted by molar-refractivity contribution is 7.90. The maximum Gasteiger partial charge on any atom is 0.241 e. The Morgan fingerprint density at radius 2 is 1.47 bits per heavy atom. The molecule has 2 aromatic carbocycles. The van der Waals surface area contributed by atoms with Gasteiger partial charge in [-0.15, -0.1) is 0 Å². The second kappa shape index (κ2) is 10.6. The Labute approximate surface area is 186 Å². The summed E-state index contributed by atoms with van der Waals surface area (Å²) in [5, 5.41) is 3.61. The van der Waals surface area contributed by atoms with E-state index in [2.05, 4.69) is 10.0 Å². The smallest absolute Gasteiger partial charge is 0.241 e. The predicted molar refractivity (Wildman–Crippen MR) is 118 cm³/mol. The van der Waals surface area contributed by atoms with Crippen LogP contribution in [-0.2, 0) is 31.1 Å². The summed E-state index contributed by atoms with van der Waals surface area (Å²) in [5.41, 5.74) is 0.939.